The van der Waals surface area contributed by atoms with Crippen molar-refractivity contribution in [3.05, 3.63) is 17.3 Å². The maximum absolute atomic E-state index is 5.83. The molecule has 1 aromatic heterocycles. The summed E-state index contributed by atoms with van der Waals surface area (Å²) < 4.78 is 5.82. The van der Waals surface area contributed by atoms with Crippen LogP contribution in [0.1, 0.15) is 12.8 Å². The Labute approximate surface area is 86.6 Å². The first kappa shape index (κ1) is 8.32. The van der Waals surface area contributed by atoms with Crippen molar-refractivity contribution in [2.24, 2.45) is 0 Å². The zero-order valence-electron chi connectivity index (χ0n) is 7.51. The fraction of sp³-hybridized carbons (Fsp3) is 0.444. The van der Waals surface area contributed by atoms with Gasteiger partial charge in [-0.1, -0.05) is 11.6 Å². The molecule has 1 saturated carbocycles. The summed E-state index contributed by atoms with van der Waals surface area (Å²) in [5, 5.41) is 0.605. The highest BCUT2D eigenvalue weighted by Gasteiger charge is 2.47. The molecule has 0 bridgehead atoms. The van der Waals surface area contributed by atoms with Crippen LogP contribution < -0.4 is 15.6 Å². The third-order valence-corrected chi connectivity index (χ3v) is 2.78. The van der Waals surface area contributed by atoms with Gasteiger partial charge in [0.1, 0.15) is 11.3 Å². The minimum atomic E-state index is -0.0287. The number of hydrazine groups is 1. The normalized spacial score (nSPS) is 21.8. The Morgan fingerprint density at radius 2 is 2.36 bits per heavy atom. The molecule has 0 unspecified atom stereocenters. The van der Waals surface area contributed by atoms with Crippen molar-refractivity contribution < 1.29 is 4.74 Å². The molecule has 14 heavy (non-hydrogen) atoms. The van der Waals surface area contributed by atoms with Crippen molar-refractivity contribution in [2.75, 3.05) is 12.0 Å². The second-order valence-corrected chi connectivity index (χ2v) is 4.21. The lowest BCUT2D eigenvalue weighted by molar-refractivity contribution is 0.178. The van der Waals surface area contributed by atoms with Crippen LogP contribution >= 0.6 is 11.6 Å². The number of nitrogens with one attached hydrogen (secondary N) is 2. The van der Waals surface area contributed by atoms with E-state index in [1.54, 1.807) is 12.3 Å². The van der Waals surface area contributed by atoms with E-state index in [0.29, 0.717) is 10.9 Å². The molecule has 1 fully saturated rings. The highest BCUT2D eigenvalue weighted by Crippen LogP contribution is 2.42. The van der Waals surface area contributed by atoms with Crippen molar-refractivity contribution >= 4 is 17.3 Å². The minimum absolute atomic E-state index is 0.0287. The fourth-order valence-electron chi connectivity index (χ4n) is 1.56. The van der Waals surface area contributed by atoms with Gasteiger partial charge in [0.05, 0.1) is 11.6 Å². The van der Waals surface area contributed by atoms with Gasteiger partial charge in [0.15, 0.2) is 0 Å². The van der Waals surface area contributed by atoms with E-state index in [4.69, 9.17) is 16.3 Å². The first-order chi connectivity index (χ1) is 6.77. The molecule has 1 aliphatic carbocycles. The average Bonchev–Trinajstić information content (AvgIpc) is 2.93. The van der Waals surface area contributed by atoms with E-state index in [9.17, 15) is 0 Å². The summed E-state index contributed by atoms with van der Waals surface area (Å²) in [5.41, 5.74) is 6.93. The third kappa shape index (κ3) is 1.31. The zero-order chi connectivity index (χ0) is 9.60. The van der Waals surface area contributed by atoms with Crippen molar-refractivity contribution in [1.82, 2.24) is 10.4 Å². The number of aromatic nitrogens is 1. The molecule has 1 aliphatic heterocycles. The van der Waals surface area contributed by atoms with Crippen LogP contribution in [0.15, 0.2) is 12.3 Å². The molecule has 1 aromatic rings. The van der Waals surface area contributed by atoms with Gasteiger partial charge in [-0.2, -0.15) is 0 Å². The Balaban J connectivity index is 1.99. The number of hydrogen-bond donors (Lipinski definition) is 2. The molecule has 2 N–H and O–H groups in total. The molecule has 74 valence electrons. The van der Waals surface area contributed by atoms with Gasteiger partial charge < -0.3 is 10.2 Å². The van der Waals surface area contributed by atoms with Crippen LogP contribution in [-0.4, -0.2) is 17.1 Å². The number of nitrogens with zero attached hydrogens (tertiary/aromatic N) is 1. The maximum atomic E-state index is 5.83. The van der Waals surface area contributed by atoms with E-state index >= 15 is 0 Å². The van der Waals surface area contributed by atoms with E-state index in [1.165, 1.54) is 0 Å². The quantitative estimate of drug-likeness (QED) is 0.684. The largest absolute Gasteiger partial charge is 0.468 e. The predicted octanol–water partition coefficient (Wildman–Crippen LogP) is 1.58. The van der Waals surface area contributed by atoms with E-state index in [2.05, 4.69) is 15.8 Å². The van der Waals surface area contributed by atoms with Gasteiger partial charge in [0.2, 0.25) is 5.88 Å². The fourth-order valence-corrected chi connectivity index (χ4v) is 1.72. The van der Waals surface area contributed by atoms with E-state index in [1.807, 2.05) is 0 Å². The summed E-state index contributed by atoms with van der Waals surface area (Å²) in [4.78, 5) is 4.16. The lowest BCUT2D eigenvalue weighted by Crippen LogP contribution is -2.33. The molecule has 1 spiro atoms. The molecule has 0 radical (unpaired) electrons. The standard InChI is InChI=1S/C9H10ClN3O/c10-6-3-7-8(11-4-6)14-9(1-2-9)5-12-13-7/h3-4,12-13H,1-2,5H2. The summed E-state index contributed by atoms with van der Waals surface area (Å²) in [6.07, 6.45) is 3.78. The first-order valence-electron chi connectivity index (χ1n) is 4.61. The molecular formula is C9H10ClN3O. The second kappa shape index (κ2) is 2.74. The van der Waals surface area contributed by atoms with Gasteiger partial charge in [-0.05, 0) is 18.9 Å². The van der Waals surface area contributed by atoms with Crippen LogP contribution in [0.2, 0.25) is 5.02 Å². The molecule has 0 atom stereocenters. The number of halogens is 1. The Morgan fingerprint density at radius 3 is 3.14 bits per heavy atom. The SMILES string of the molecule is Clc1cnc2c(c1)NNCC1(CC1)O2. The summed E-state index contributed by atoms with van der Waals surface area (Å²) in [6, 6.07) is 1.80. The average molecular weight is 212 g/mol. The Kier molecular flexibility index (Phi) is 1.63. The van der Waals surface area contributed by atoms with Crippen molar-refractivity contribution in [2.45, 2.75) is 18.4 Å². The van der Waals surface area contributed by atoms with Crippen LogP contribution in [0.5, 0.6) is 5.88 Å². The van der Waals surface area contributed by atoms with Crippen molar-refractivity contribution in [1.29, 1.82) is 0 Å². The molecule has 5 heteroatoms. The first-order valence-corrected chi connectivity index (χ1v) is 4.99. The molecule has 2 heterocycles. The van der Waals surface area contributed by atoms with Crippen LogP contribution in [0.3, 0.4) is 0 Å². The van der Waals surface area contributed by atoms with Gasteiger partial charge in [-0.3, -0.25) is 0 Å². The molecule has 2 aliphatic rings. The van der Waals surface area contributed by atoms with E-state index in [-0.39, 0.29) is 5.60 Å². The molecular weight excluding hydrogens is 202 g/mol. The summed E-state index contributed by atoms with van der Waals surface area (Å²) in [7, 11) is 0. The third-order valence-electron chi connectivity index (χ3n) is 2.57. The topological polar surface area (TPSA) is 46.2 Å². The highest BCUT2D eigenvalue weighted by molar-refractivity contribution is 6.30. The Bertz CT molecular complexity index is 378. The lowest BCUT2D eigenvalue weighted by Gasteiger charge is -2.12. The number of ether oxygens (including phenoxy) is 1. The van der Waals surface area contributed by atoms with Gasteiger partial charge in [0, 0.05) is 6.20 Å². The monoisotopic (exact) mass is 211 g/mol. The Hall–Kier alpha value is -1.00. The van der Waals surface area contributed by atoms with Crippen molar-refractivity contribution in [3.8, 4) is 5.88 Å². The maximum Gasteiger partial charge on any atom is 0.239 e. The van der Waals surface area contributed by atoms with Crippen molar-refractivity contribution in [3.63, 3.8) is 0 Å². The number of fused-ring (bicyclic) bond motifs is 1. The second-order valence-electron chi connectivity index (χ2n) is 3.77. The van der Waals surface area contributed by atoms with Crippen LogP contribution in [0, 0.1) is 0 Å². The molecule has 3 rings (SSSR count). The van der Waals surface area contributed by atoms with Crippen LogP contribution in [0.25, 0.3) is 0 Å². The molecule has 0 saturated heterocycles. The summed E-state index contributed by atoms with van der Waals surface area (Å²) in [6.45, 7) is 0.807. The van der Waals surface area contributed by atoms with Gasteiger partial charge in [-0.15, -0.1) is 0 Å². The highest BCUT2D eigenvalue weighted by atomic mass is 35.5. The minimum Gasteiger partial charge on any atom is -0.468 e. The van der Waals surface area contributed by atoms with Crippen LogP contribution in [-0.2, 0) is 0 Å². The number of rotatable bonds is 0. The zero-order valence-corrected chi connectivity index (χ0v) is 8.27. The van der Waals surface area contributed by atoms with E-state index < -0.39 is 0 Å². The van der Waals surface area contributed by atoms with Gasteiger partial charge in [0.25, 0.3) is 0 Å². The van der Waals surface area contributed by atoms with Crippen LogP contribution in [0.4, 0.5) is 5.69 Å². The smallest absolute Gasteiger partial charge is 0.239 e. The Morgan fingerprint density at radius 1 is 1.50 bits per heavy atom. The predicted molar refractivity (Wildman–Crippen MR) is 53.5 cm³/mol. The summed E-state index contributed by atoms with van der Waals surface area (Å²) in [5.74, 6) is 0.636. The number of pyridine rings is 1. The number of anilines is 1. The van der Waals surface area contributed by atoms with E-state index in [0.717, 1.165) is 25.1 Å². The van der Waals surface area contributed by atoms with Gasteiger partial charge >= 0.3 is 0 Å². The number of hydrogen-bond acceptors (Lipinski definition) is 4. The van der Waals surface area contributed by atoms with Gasteiger partial charge in [-0.25, -0.2) is 10.4 Å². The molecule has 0 amide bonds. The lowest BCUT2D eigenvalue weighted by atomic mass is 10.3. The molecule has 0 aromatic carbocycles. The summed E-state index contributed by atoms with van der Waals surface area (Å²) >= 11 is 5.83. The molecule has 4 nitrogen and oxygen atoms in total.